The van der Waals surface area contributed by atoms with Crippen LogP contribution in [0.2, 0.25) is 5.02 Å². The fourth-order valence-electron chi connectivity index (χ4n) is 2.62. The maximum atomic E-state index is 14.1. The first-order valence-electron chi connectivity index (χ1n) is 8.76. The topological polar surface area (TPSA) is 87.3 Å². The zero-order valence-electron chi connectivity index (χ0n) is 15.6. The summed E-state index contributed by atoms with van der Waals surface area (Å²) in [6.45, 7) is 0. The third-order valence-corrected chi connectivity index (χ3v) is 5.55. The second kappa shape index (κ2) is 9.13. The van der Waals surface area contributed by atoms with Crippen LogP contribution in [0.5, 0.6) is 0 Å². The Hall–Kier alpha value is -2.56. The first-order valence-corrected chi connectivity index (χ1v) is 9.90. The Balaban J connectivity index is 1.79. The SMILES string of the molecule is O=C(Nc1cc(NC(=O)C(F)F)c(F)cc1F)c1cc(NC(=O)[C@H]2CC2(Cl)Cl)ccc1Cl. The van der Waals surface area contributed by atoms with Crippen molar-refractivity contribution in [2.24, 2.45) is 5.92 Å². The molecule has 0 heterocycles. The lowest BCUT2D eigenvalue weighted by Crippen LogP contribution is -2.21. The monoisotopic (exact) mass is 511 g/mol. The molecule has 170 valence electrons. The highest BCUT2D eigenvalue weighted by molar-refractivity contribution is 6.52. The van der Waals surface area contributed by atoms with Gasteiger partial charge < -0.3 is 16.0 Å². The van der Waals surface area contributed by atoms with Crippen LogP contribution >= 0.6 is 34.8 Å². The molecule has 2 aromatic carbocycles. The predicted molar refractivity (Wildman–Crippen MR) is 112 cm³/mol. The van der Waals surface area contributed by atoms with Gasteiger partial charge in [-0.15, -0.1) is 23.2 Å². The van der Waals surface area contributed by atoms with Gasteiger partial charge in [-0.25, -0.2) is 8.78 Å². The van der Waals surface area contributed by atoms with Gasteiger partial charge in [0.15, 0.2) is 0 Å². The summed E-state index contributed by atoms with van der Waals surface area (Å²) in [4.78, 5) is 35.8. The Bertz CT molecular complexity index is 1110. The van der Waals surface area contributed by atoms with E-state index >= 15 is 0 Å². The Morgan fingerprint density at radius 1 is 0.969 bits per heavy atom. The van der Waals surface area contributed by atoms with Crippen molar-refractivity contribution in [3.8, 4) is 0 Å². The summed E-state index contributed by atoms with van der Waals surface area (Å²) < 4.78 is 51.5. The quantitative estimate of drug-likeness (QED) is 0.367. The van der Waals surface area contributed by atoms with Gasteiger partial charge in [0.1, 0.15) is 16.0 Å². The van der Waals surface area contributed by atoms with Crippen LogP contribution in [-0.2, 0) is 9.59 Å². The van der Waals surface area contributed by atoms with E-state index in [9.17, 15) is 31.9 Å². The average Bonchev–Trinajstić information content (AvgIpc) is 3.35. The van der Waals surface area contributed by atoms with Crippen LogP contribution in [0.1, 0.15) is 16.8 Å². The molecule has 0 aromatic heterocycles. The fraction of sp³-hybridized carbons (Fsp3) is 0.211. The van der Waals surface area contributed by atoms with Crippen LogP contribution in [0.25, 0.3) is 0 Å². The Kier molecular flexibility index (Phi) is 6.87. The summed E-state index contributed by atoms with van der Waals surface area (Å²) in [6.07, 6.45) is -3.18. The first kappa shape index (κ1) is 24.1. The van der Waals surface area contributed by atoms with Crippen molar-refractivity contribution >= 4 is 69.6 Å². The number of benzene rings is 2. The largest absolute Gasteiger partial charge is 0.326 e. The van der Waals surface area contributed by atoms with Gasteiger partial charge in [0, 0.05) is 11.8 Å². The van der Waals surface area contributed by atoms with Crippen LogP contribution in [0, 0.1) is 17.6 Å². The number of halogens is 7. The normalized spacial score (nSPS) is 16.4. The zero-order valence-corrected chi connectivity index (χ0v) is 17.9. The van der Waals surface area contributed by atoms with Crippen LogP contribution in [0.15, 0.2) is 30.3 Å². The molecule has 0 spiro atoms. The van der Waals surface area contributed by atoms with E-state index in [-0.39, 0.29) is 22.7 Å². The van der Waals surface area contributed by atoms with Crippen LogP contribution < -0.4 is 16.0 Å². The molecule has 3 amide bonds. The van der Waals surface area contributed by atoms with E-state index in [1.807, 2.05) is 0 Å². The molecule has 32 heavy (non-hydrogen) atoms. The standard InChI is InChI=1S/C19H12Cl3F4N3O3/c20-10-2-1-7(27-17(31)9-6-19(9,21)22)3-8(10)16(30)28-13-5-14(12(24)4-11(13)23)29-18(32)15(25)26/h1-5,9,15H,6H2,(H,27,31)(H,28,30)(H,29,32)/t9-/m1/s1. The maximum absolute atomic E-state index is 14.1. The molecule has 1 fully saturated rings. The van der Waals surface area contributed by atoms with Crippen LogP contribution in [-0.4, -0.2) is 28.5 Å². The molecule has 1 aliphatic rings. The third-order valence-electron chi connectivity index (χ3n) is 4.38. The number of anilines is 3. The summed E-state index contributed by atoms with van der Waals surface area (Å²) in [7, 11) is 0. The number of nitrogens with one attached hydrogen (secondary N) is 3. The molecule has 3 N–H and O–H groups in total. The molecule has 6 nitrogen and oxygen atoms in total. The molecule has 0 unspecified atom stereocenters. The van der Waals surface area contributed by atoms with E-state index in [1.165, 1.54) is 18.2 Å². The molecule has 0 aliphatic heterocycles. The van der Waals surface area contributed by atoms with Crippen molar-refractivity contribution in [3.05, 3.63) is 52.6 Å². The predicted octanol–water partition coefficient (Wildman–Crippen LogP) is 5.21. The molecule has 0 bridgehead atoms. The summed E-state index contributed by atoms with van der Waals surface area (Å²) in [5.74, 6) is -6.44. The van der Waals surface area contributed by atoms with Gasteiger partial charge in [-0.05, 0) is 30.7 Å². The smallest absolute Gasteiger partial charge is 0.315 e. The van der Waals surface area contributed by atoms with Gasteiger partial charge in [-0.2, -0.15) is 8.78 Å². The lowest BCUT2D eigenvalue weighted by atomic mass is 10.1. The van der Waals surface area contributed by atoms with Crippen molar-refractivity contribution in [1.82, 2.24) is 0 Å². The number of carbonyl (C=O) groups is 3. The summed E-state index contributed by atoms with van der Waals surface area (Å²) >= 11 is 17.7. The first-order chi connectivity index (χ1) is 14.9. The average molecular weight is 513 g/mol. The molecule has 0 radical (unpaired) electrons. The zero-order chi connectivity index (χ0) is 23.8. The van der Waals surface area contributed by atoms with Crippen LogP contribution in [0.3, 0.4) is 0 Å². The Labute approximate surface area is 193 Å². The van der Waals surface area contributed by atoms with Gasteiger partial charge in [-0.3, -0.25) is 14.4 Å². The van der Waals surface area contributed by atoms with Crippen molar-refractivity contribution in [1.29, 1.82) is 0 Å². The molecule has 3 rings (SSSR count). The second-order valence-electron chi connectivity index (χ2n) is 6.76. The van der Waals surface area contributed by atoms with E-state index in [2.05, 4.69) is 10.6 Å². The van der Waals surface area contributed by atoms with E-state index < -0.39 is 57.4 Å². The molecule has 13 heteroatoms. The fourth-order valence-corrected chi connectivity index (χ4v) is 3.33. The number of rotatable bonds is 6. The number of hydrogen-bond acceptors (Lipinski definition) is 3. The van der Waals surface area contributed by atoms with Crippen molar-refractivity contribution in [2.45, 2.75) is 17.2 Å². The lowest BCUT2D eigenvalue weighted by Gasteiger charge is -2.13. The highest BCUT2D eigenvalue weighted by atomic mass is 35.5. The summed E-state index contributed by atoms with van der Waals surface area (Å²) in [5.41, 5.74) is -1.40. The van der Waals surface area contributed by atoms with Gasteiger partial charge in [-0.1, -0.05) is 11.6 Å². The Morgan fingerprint density at radius 3 is 2.12 bits per heavy atom. The van der Waals surface area contributed by atoms with Gasteiger partial charge >= 0.3 is 6.43 Å². The minimum Gasteiger partial charge on any atom is -0.326 e. The van der Waals surface area contributed by atoms with E-state index in [1.54, 1.807) is 5.32 Å². The van der Waals surface area contributed by atoms with Crippen LogP contribution in [0.4, 0.5) is 34.6 Å². The van der Waals surface area contributed by atoms with E-state index in [0.717, 1.165) is 0 Å². The van der Waals surface area contributed by atoms with E-state index in [4.69, 9.17) is 34.8 Å². The second-order valence-corrected chi connectivity index (χ2v) is 8.71. The van der Waals surface area contributed by atoms with Gasteiger partial charge in [0.25, 0.3) is 11.8 Å². The molecular weight excluding hydrogens is 501 g/mol. The molecule has 1 aliphatic carbocycles. The van der Waals surface area contributed by atoms with E-state index in [0.29, 0.717) is 12.1 Å². The molecule has 1 saturated carbocycles. The van der Waals surface area contributed by atoms with Crippen molar-refractivity contribution < 1.29 is 31.9 Å². The molecular formula is C19H12Cl3F4N3O3. The summed E-state index contributed by atoms with van der Waals surface area (Å²) in [6, 6.07) is 4.83. The molecule has 2 aromatic rings. The third kappa shape index (κ3) is 5.43. The maximum Gasteiger partial charge on any atom is 0.315 e. The number of hydrogen-bond donors (Lipinski definition) is 3. The van der Waals surface area contributed by atoms with Crippen molar-refractivity contribution in [3.63, 3.8) is 0 Å². The highest BCUT2D eigenvalue weighted by Crippen LogP contribution is 2.53. The minimum absolute atomic E-state index is 0.0651. The highest BCUT2D eigenvalue weighted by Gasteiger charge is 2.56. The van der Waals surface area contributed by atoms with Gasteiger partial charge in [0.05, 0.1) is 27.9 Å². The van der Waals surface area contributed by atoms with Gasteiger partial charge in [0.2, 0.25) is 5.91 Å². The van der Waals surface area contributed by atoms with Crippen molar-refractivity contribution in [2.75, 3.05) is 16.0 Å². The number of amides is 3. The molecule has 1 atom stereocenters. The lowest BCUT2D eigenvalue weighted by molar-refractivity contribution is -0.126. The minimum atomic E-state index is -3.44. The molecule has 0 saturated heterocycles. The Morgan fingerprint density at radius 2 is 1.56 bits per heavy atom. The number of carbonyl (C=O) groups excluding carboxylic acids is 3. The summed E-state index contributed by atoms with van der Waals surface area (Å²) in [5, 5.41) is 6.14. The number of alkyl halides is 4.